The molecule has 3 N–H and O–H groups in total. The van der Waals surface area contributed by atoms with Gasteiger partial charge in [0.15, 0.2) is 12.8 Å². The molecule has 0 bridgehead atoms. The van der Waals surface area contributed by atoms with Crippen LogP contribution in [0.2, 0.25) is 0 Å². The number of rotatable bonds is 6. The van der Waals surface area contributed by atoms with Gasteiger partial charge in [0.1, 0.15) is 6.61 Å². The number of hydrogen-bond acceptors (Lipinski definition) is 4. The largest absolute Gasteiger partial charge is 0.455 e. The fourth-order valence-corrected chi connectivity index (χ4v) is 1.11. The first-order chi connectivity index (χ1) is 6.83. The van der Waals surface area contributed by atoms with Crippen molar-refractivity contribution in [3.05, 3.63) is 11.8 Å². The molecule has 0 aromatic heterocycles. The number of nitrogens with zero attached hydrogens (tertiary/aromatic N) is 1. The van der Waals surface area contributed by atoms with Gasteiger partial charge in [-0.3, -0.25) is 4.84 Å². The molecule has 0 aliphatic carbocycles. The summed E-state index contributed by atoms with van der Waals surface area (Å²) in [5.41, 5.74) is 3.40. The summed E-state index contributed by atoms with van der Waals surface area (Å²) < 4.78 is 6.47. The number of aliphatic hydroxyl groups is 2. The summed E-state index contributed by atoms with van der Waals surface area (Å²) in [5.74, 6) is 0.213. The third-order valence-electron chi connectivity index (χ3n) is 1.96. The van der Waals surface area contributed by atoms with Crippen LogP contribution in [-0.4, -0.2) is 53.3 Å². The molecule has 6 heteroatoms. The van der Waals surface area contributed by atoms with Crippen LogP contribution >= 0.6 is 0 Å². The zero-order chi connectivity index (χ0) is 9.97. The molecule has 14 heavy (non-hydrogen) atoms. The van der Waals surface area contributed by atoms with E-state index in [-0.39, 0.29) is 18.7 Å². The topological polar surface area (TPSA) is 77.3 Å². The van der Waals surface area contributed by atoms with E-state index < -0.39 is 0 Å². The first kappa shape index (κ1) is 9.60. The smallest absolute Gasteiger partial charge is 0.440 e. The van der Waals surface area contributed by atoms with Gasteiger partial charge in [-0.05, 0) is 0 Å². The summed E-state index contributed by atoms with van der Waals surface area (Å²) in [5, 5.41) is 17.8. The maximum atomic E-state index is 9.20. The number of hydroxylamine groups is 1. The summed E-state index contributed by atoms with van der Waals surface area (Å²) in [6, 6.07) is 0. The molecule has 1 fully saturated rings. The highest BCUT2D eigenvalue weighted by Gasteiger charge is 2.43. The van der Waals surface area contributed by atoms with E-state index in [1.165, 1.54) is 0 Å². The SMILES string of the molecule is OCC[N+]1=C(O)C1=CCONC1CO1. The maximum Gasteiger partial charge on any atom is 0.440 e. The Morgan fingerprint density at radius 1 is 1.71 bits per heavy atom. The molecule has 2 rings (SSSR count). The third kappa shape index (κ3) is 2.30. The number of epoxide rings is 1. The zero-order valence-electron chi connectivity index (χ0n) is 7.64. The quantitative estimate of drug-likeness (QED) is 0.216. The minimum Gasteiger partial charge on any atom is -0.455 e. The molecule has 1 unspecified atom stereocenters. The number of β-amino-alcohol motifs (C(OH)–C–C–N with tert-alkyl or cyclic N) is 1. The van der Waals surface area contributed by atoms with E-state index in [4.69, 9.17) is 14.7 Å². The zero-order valence-corrected chi connectivity index (χ0v) is 7.64. The van der Waals surface area contributed by atoms with Crippen LogP contribution in [0.25, 0.3) is 0 Å². The van der Waals surface area contributed by atoms with Gasteiger partial charge in [-0.2, -0.15) is 5.48 Å². The predicted molar refractivity (Wildman–Crippen MR) is 46.8 cm³/mol. The van der Waals surface area contributed by atoms with Gasteiger partial charge in [0, 0.05) is 6.08 Å². The third-order valence-corrected chi connectivity index (χ3v) is 1.96. The maximum absolute atomic E-state index is 9.20. The molecule has 0 spiro atoms. The highest BCUT2D eigenvalue weighted by molar-refractivity contribution is 5.94. The van der Waals surface area contributed by atoms with E-state index in [2.05, 4.69) is 5.48 Å². The minimum absolute atomic E-state index is 0.0242. The van der Waals surface area contributed by atoms with E-state index in [0.29, 0.717) is 19.8 Å². The van der Waals surface area contributed by atoms with Crippen molar-refractivity contribution < 1.29 is 24.4 Å². The first-order valence-corrected chi connectivity index (χ1v) is 4.46. The van der Waals surface area contributed by atoms with Gasteiger partial charge in [0.25, 0.3) is 0 Å². The number of aliphatic hydroxyl groups excluding tert-OH is 2. The van der Waals surface area contributed by atoms with Crippen molar-refractivity contribution in [3.8, 4) is 0 Å². The molecule has 0 saturated carbocycles. The van der Waals surface area contributed by atoms with Crippen LogP contribution in [-0.2, 0) is 9.57 Å². The van der Waals surface area contributed by atoms with Crippen molar-refractivity contribution in [1.29, 1.82) is 0 Å². The first-order valence-electron chi connectivity index (χ1n) is 4.46. The number of ether oxygens (including phenoxy) is 1. The Kier molecular flexibility index (Phi) is 2.78. The van der Waals surface area contributed by atoms with Crippen molar-refractivity contribution in [2.45, 2.75) is 6.23 Å². The molecule has 1 saturated heterocycles. The predicted octanol–water partition coefficient (Wildman–Crippen LogP) is -1.28. The van der Waals surface area contributed by atoms with Crippen molar-refractivity contribution in [2.24, 2.45) is 0 Å². The average molecular weight is 201 g/mol. The highest BCUT2D eigenvalue weighted by Crippen LogP contribution is 2.13. The fraction of sp³-hybridized carbons (Fsp3) is 0.625. The molecular weight excluding hydrogens is 188 g/mol. The van der Waals surface area contributed by atoms with Gasteiger partial charge < -0.3 is 14.9 Å². The van der Waals surface area contributed by atoms with Gasteiger partial charge in [0.05, 0.1) is 13.2 Å². The molecule has 0 amide bonds. The lowest BCUT2D eigenvalue weighted by Gasteiger charge is -1.95. The molecule has 2 heterocycles. The molecule has 0 aromatic rings. The van der Waals surface area contributed by atoms with Crippen LogP contribution in [0.1, 0.15) is 0 Å². The Morgan fingerprint density at radius 2 is 2.50 bits per heavy atom. The Hall–Kier alpha value is -0.950. The normalized spacial score (nSPS) is 27.2. The molecule has 2 aliphatic rings. The van der Waals surface area contributed by atoms with E-state index in [1.807, 2.05) is 0 Å². The van der Waals surface area contributed by atoms with E-state index in [0.717, 1.165) is 5.70 Å². The van der Waals surface area contributed by atoms with Crippen molar-refractivity contribution in [3.63, 3.8) is 0 Å². The minimum atomic E-state index is 0.0242. The van der Waals surface area contributed by atoms with E-state index in [9.17, 15) is 5.11 Å². The monoisotopic (exact) mass is 201 g/mol. The standard InChI is InChI=1S/C8H12N2O4/c11-3-2-10-6(8(10)12)1-4-14-9-7-5-13-7/h1,7,9,11H,2-5H2/p+1. The Balaban J connectivity index is 1.62. The van der Waals surface area contributed by atoms with E-state index in [1.54, 1.807) is 10.7 Å². The van der Waals surface area contributed by atoms with Crippen LogP contribution in [0.4, 0.5) is 0 Å². The second-order valence-corrected chi connectivity index (χ2v) is 3.04. The lowest BCUT2D eigenvalue weighted by Crippen LogP contribution is -2.18. The summed E-state index contributed by atoms with van der Waals surface area (Å²) >= 11 is 0. The highest BCUT2D eigenvalue weighted by atomic mass is 16.7. The summed E-state index contributed by atoms with van der Waals surface area (Å²) in [4.78, 5) is 5.02. The van der Waals surface area contributed by atoms with Crippen LogP contribution in [0.5, 0.6) is 0 Å². The Bertz CT molecular complexity index is 283. The summed E-state index contributed by atoms with van der Waals surface area (Å²) in [6.07, 6.45) is 1.76. The molecule has 78 valence electrons. The van der Waals surface area contributed by atoms with Crippen LogP contribution < -0.4 is 5.48 Å². The molecule has 0 radical (unpaired) electrons. The number of nitrogens with one attached hydrogen (secondary N) is 1. The fourth-order valence-electron chi connectivity index (χ4n) is 1.11. The van der Waals surface area contributed by atoms with Gasteiger partial charge >= 0.3 is 11.6 Å². The molecule has 6 nitrogen and oxygen atoms in total. The van der Waals surface area contributed by atoms with Gasteiger partial charge in [-0.1, -0.05) is 0 Å². The van der Waals surface area contributed by atoms with Crippen molar-refractivity contribution in [2.75, 3.05) is 26.4 Å². The molecule has 2 aliphatic heterocycles. The lowest BCUT2D eigenvalue weighted by atomic mass is 10.5. The van der Waals surface area contributed by atoms with Crippen molar-refractivity contribution >= 4 is 5.90 Å². The van der Waals surface area contributed by atoms with Crippen LogP contribution in [0.3, 0.4) is 0 Å². The molecular formula is C8H13N2O4+. The van der Waals surface area contributed by atoms with E-state index >= 15 is 0 Å². The number of hydrogen-bond donors (Lipinski definition) is 3. The molecule has 0 aromatic carbocycles. The van der Waals surface area contributed by atoms with Crippen LogP contribution in [0, 0.1) is 0 Å². The van der Waals surface area contributed by atoms with Gasteiger partial charge in [-0.25, -0.2) is 0 Å². The van der Waals surface area contributed by atoms with Gasteiger partial charge in [-0.15, -0.1) is 4.58 Å². The summed E-state index contributed by atoms with van der Waals surface area (Å²) in [7, 11) is 0. The summed E-state index contributed by atoms with van der Waals surface area (Å²) in [6.45, 7) is 1.50. The van der Waals surface area contributed by atoms with Crippen molar-refractivity contribution in [1.82, 2.24) is 5.48 Å². The van der Waals surface area contributed by atoms with Crippen LogP contribution in [0.15, 0.2) is 11.8 Å². The lowest BCUT2D eigenvalue weighted by molar-refractivity contribution is -0.413. The molecule has 1 atom stereocenters. The second kappa shape index (κ2) is 4.05. The second-order valence-electron chi connectivity index (χ2n) is 3.04. The van der Waals surface area contributed by atoms with Gasteiger partial charge in [0.2, 0.25) is 0 Å². The average Bonchev–Trinajstić information content (AvgIpc) is 3.05. The Labute approximate surface area is 81.0 Å². The Morgan fingerprint density at radius 3 is 3.14 bits per heavy atom.